The Morgan fingerprint density at radius 2 is 2.05 bits per heavy atom. The van der Waals surface area contributed by atoms with Gasteiger partial charge in [-0.2, -0.15) is 0 Å². The number of benzene rings is 1. The Hall–Kier alpha value is -0.970. The van der Waals surface area contributed by atoms with Crippen LogP contribution in [0, 0.1) is 5.41 Å². The Labute approximate surface area is 131 Å². The van der Waals surface area contributed by atoms with E-state index in [-0.39, 0.29) is 12.0 Å². The largest absolute Gasteiger partial charge is 0.486 e. The normalized spacial score (nSPS) is 14.3. The third-order valence-corrected chi connectivity index (χ3v) is 3.90. The quantitative estimate of drug-likeness (QED) is 0.760. The fourth-order valence-electron chi connectivity index (χ4n) is 2.27. The summed E-state index contributed by atoms with van der Waals surface area (Å²) in [5.41, 5.74) is 1.09. The zero-order valence-electron chi connectivity index (χ0n) is 12.7. The maximum absolute atomic E-state index is 9.21. The second kappa shape index (κ2) is 7.34. The molecule has 1 heterocycles. The fraction of sp³-hybridized carbons (Fsp3) is 0.625. The van der Waals surface area contributed by atoms with Crippen LogP contribution in [0.4, 0.5) is 0 Å². The lowest BCUT2D eigenvalue weighted by atomic mass is 9.89. The van der Waals surface area contributed by atoms with Crippen LogP contribution in [0.15, 0.2) is 12.1 Å². The van der Waals surface area contributed by atoms with Crippen molar-refractivity contribution in [2.24, 2.45) is 5.41 Å². The predicted molar refractivity (Wildman–Crippen MR) is 84.2 cm³/mol. The second-order valence-electron chi connectivity index (χ2n) is 6.20. The van der Waals surface area contributed by atoms with Gasteiger partial charge in [0.2, 0.25) is 0 Å². The lowest BCUT2D eigenvalue weighted by Crippen LogP contribution is -2.21. The summed E-state index contributed by atoms with van der Waals surface area (Å²) in [6.07, 6.45) is 2.03. The average molecular weight is 314 g/mol. The van der Waals surface area contributed by atoms with Gasteiger partial charge < -0.3 is 19.9 Å². The Morgan fingerprint density at radius 1 is 1.29 bits per heavy atom. The molecule has 1 aromatic carbocycles. The molecule has 4 nitrogen and oxygen atoms in total. The van der Waals surface area contributed by atoms with Crippen molar-refractivity contribution in [1.82, 2.24) is 5.32 Å². The summed E-state index contributed by atoms with van der Waals surface area (Å²) in [5, 5.41) is 13.2. The molecule has 0 unspecified atom stereocenters. The molecule has 0 aromatic heterocycles. The zero-order chi connectivity index (χ0) is 15.3. The number of aliphatic hydroxyl groups excluding tert-OH is 1. The first-order valence-electron chi connectivity index (χ1n) is 7.41. The molecule has 1 aliphatic rings. The van der Waals surface area contributed by atoms with Crippen molar-refractivity contribution in [3.05, 3.63) is 22.7 Å². The van der Waals surface area contributed by atoms with Gasteiger partial charge in [0.05, 0.1) is 5.02 Å². The van der Waals surface area contributed by atoms with Crippen LogP contribution in [-0.4, -0.2) is 31.5 Å². The summed E-state index contributed by atoms with van der Waals surface area (Å²) in [5.74, 6) is 1.38. The summed E-state index contributed by atoms with van der Waals surface area (Å²) >= 11 is 6.21. The van der Waals surface area contributed by atoms with Crippen LogP contribution in [0.3, 0.4) is 0 Å². The molecule has 21 heavy (non-hydrogen) atoms. The van der Waals surface area contributed by atoms with Gasteiger partial charge in [-0.3, -0.25) is 0 Å². The summed E-state index contributed by atoms with van der Waals surface area (Å²) in [6, 6.07) is 3.89. The van der Waals surface area contributed by atoms with Gasteiger partial charge in [-0.05, 0) is 42.5 Å². The number of ether oxygens (including phenoxy) is 2. The molecule has 0 aliphatic carbocycles. The van der Waals surface area contributed by atoms with Gasteiger partial charge in [0.15, 0.2) is 11.5 Å². The number of hydrogen-bond donors (Lipinski definition) is 2. The molecular weight excluding hydrogens is 290 g/mol. The lowest BCUT2D eigenvalue weighted by molar-refractivity contribution is 0.148. The van der Waals surface area contributed by atoms with Crippen molar-refractivity contribution < 1.29 is 14.6 Å². The lowest BCUT2D eigenvalue weighted by Gasteiger charge is -2.21. The molecule has 0 saturated heterocycles. The van der Waals surface area contributed by atoms with E-state index >= 15 is 0 Å². The van der Waals surface area contributed by atoms with Crippen LogP contribution in [0.25, 0.3) is 0 Å². The van der Waals surface area contributed by atoms with Crippen LogP contribution in [-0.2, 0) is 6.54 Å². The first kappa shape index (κ1) is 16.4. The van der Waals surface area contributed by atoms with Crippen LogP contribution >= 0.6 is 11.6 Å². The van der Waals surface area contributed by atoms with Crippen molar-refractivity contribution in [1.29, 1.82) is 0 Å². The molecule has 1 aromatic rings. The predicted octanol–water partition coefficient (Wildman–Crippen LogP) is 3.00. The van der Waals surface area contributed by atoms with Gasteiger partial charge in [0.25, 0.3) is 0 Å². The first-order chi connectivity index (χ1) is 10.0. The van der Waals surface area contributed by atoms with Crippen molar-refractivity contribution >= 4 is 11.6 Å². The third-order valence-electron chi connectivity index (χ3n) is 3.62. The minimum atomic E-state index is 0.00197. The second-order valence-corrected chi connectivity index (χ2v) is 6.61. The topological polar surface area (TPSA) is 50.7 Å². The third kappa shape index (κ3) is 4.77. The molecule has 0 fully saturated rings. The fourth-order valence-corrected chi connectivity index (χ4v) is 2.56. The highest BCUT2D eigenvalue weighted by molar-refractivity contribution is 6.32. The average Bonchev–Trinajstić information content (AvgIpc) is 2.47. The maximum Gasteiger partial charge on any atom is 0.179 e. The van der Waals surface area contributed by atoms with Crippen molar-refractivity contribution in [3.63, 3.8) is 0 Å². The molecular formula is C16H24ClNO3. The smallest absolute Gasteiger partial charge is 0.179 e. The molecule has 2 rings (SSSR count). The number of rotatable bonds is 7. The number of fused-ring (bicyclic) bond motifs is 1. The summed E-state index contributed by atoms with van der Waals surface area (Å²) in [4.78, 5) is 0. The van der Waals surface area contributed by atoms with E-state index in [1.807, 2.05) is 12.1 Å². The van der Waals surface area contributed by atoms with Crippen LogP contribution in [0.1, 0.15) is 32.3 Å². The van der Waals surface area contributed by atoms with Crippen LogP contribution in [0.2, 0.25) is 5.02 Å². The van der Waals surface area contributed by atoms with E-state index in [0.717, 1.165) is 37.2 Å². The van der Waals surface area contributed by atoms with Gasteiger partial charge in [-0.25, -0.2) is 0 Å². The Balaban J connectivity index is 1.80. The van der Waals surface area contributed by atoms with E-state index in [1.54, 1.807) is 0 Å². The number of hydrogen-bond acceptors (Lipinski definition) is 4. The summed E-state index contributed by atoms with van der Waals surface area (Å²) in [7, 11) is 0. The number of halogens is 1. The van der Waals surface area contributed by atoms with E-state index in [2.05, 4.69) is 19.2 Å². The number of aliphatic hydroxyl groups is 1. The minimum absolute atomic E-state index is 0.00197. The Kier molecular flexibility index (Phi) is 5.73. The molecule has 0 saturated carbocycles. The molecule has 0 bridgehead atoms. The summed E-state index contributed by atoms with van der Waals surface area (Å²) in [6.45, 7) is 7.15. The van der Waals surface area contributed by atoms with E-state index in [0.29, 0.717) is 24.0 Å². The van der Waals surface area contributed by atoms with Gasteiger partial charge in [0, 0.05) is 13.2 Å². The zero-order valence-corrected chi connectivity index (χ0v) is 13.5. The maximum atomic E-state index is 9.21. The van der Waals surface area contributed by atoms with Gasteiger partial charge in [-0.1, -0.05) is 25.4 Å². The highest BCUT2D eigenvalue weighted by atomic mass is 35.5. The molecule has 2 N–H and O–H groups in total. The molecule has 1 aliphatic heterocycles. The molecule has 0 spiro atoms. The minimum Gasteiger partial charge on any atom is -0.486 e. The SMILES string of the molecule is CC(C)(CO)CCCNCc1cc(Cl)c2c(c1)OCCO2. The standard InChI is InChI=1S/C16H24ClNO3/c1-16(2,11-19)4-3-5-18-10-12-8-13(17)15-14(9-12)20-6-7-21-15/h8-9,18-19H,3-7,10-11H2,1-2H3. The van der Waals surface area contributed by atoms with Crippen molar-refractivity contribution in [2.75, 3.05) is 26.4 Å². The molecule has 0 amide bonds. The van der Waals surface area contributed by atoms with Crippen LogP contribution < -0.4 is 14.8 Å². The molecule has 0 radical (unpaired) electrons. The first-order valence-corrected chi connectivity index (χ1v) is 7.79. The monoisotopic (exact) mass is 313 g/mol. The summed E-state index contributed by atoms with van der Waals surface area (Å²) < 4.78 is 11.1. The van der Waals surface area contributed by atoms with E-state index in [1.165, 1.54) is 0 Å². The molecule has 5 heteroatoms. The van der Waals surface area contributed by atoms with Gasteiger partial charge in [0.1, 0.15) is 13.2 Å². The molecule has 118 valence electrons. The Bertz CT molecular complexity index is 477. The highest BCUT2D eigenvalue weighted by Crippen LogP contribution is 2.38. The van der Waals surface area contributed by atoms with E-state index < -0.39 is 0 Å². The van der Waals surface area contributed by atoms with Gasteiger partial charge >= 0.3 is 0 Å². The van der Waals surface area contributed by atoms with Crippen molar-refractivity contribution in [2.45, 2.75) is 33.2 Å². The van der Waals surface area contributed by atoms with Gasteiger partial charge in [-0.15, -0.1) is 0 Å². The number of nitrogens with one attached hydrogen (secondary N) is 1. The molecule has 0 atom stereocenters. The van der Waals surface area contributed by atoms with E-state index in [9.17, 15) is 5.11 Å². The highest BCUT2D eigenvalue weighted by Gasteiger charge is 2.17. The van der Waals surface area contributed by atoms with E-state index in [4.69, 9.17) is 21.1 Å². The van der Waals surface area contributed by atoms with Crippen LogP contribution in [0.5, 0.6) is 11.5 Å². The Morgan fingerprint density at radius 3 is 2.81 bits per heavy atom. The van der Waals surface area contributed by atoms with Crippen molar-refractivity contribution in [3.8, 4) is 11.5 Å².